The molecule has 7 nitrogen and oxygen atoms in total. The highest BCUT2D eigenvalue weighted by Gasteiger charge is 2.34. The van der Waals surface area contributed by atoms with Crippen molar-refractivity contribution in [1.29, 1.82) is 0 Å². The molecule has 3 N–H and O–H groups in total. The van der Waals surface area contributed by atoms with Crippen LogP contribution in [0.3, 0.4) is 0 Å². The van der Waals surface area contributed by atoms with Gasteiger partial charge in [-0.3, -0.25) is 9.59 Å². The maximum absolute atomic E-state index is 12.3. The third kappa shape index (κ3) is 3.97. The average Bonchev–Trinajstić information content (AvgIpc) is 2.92. The van der Waals surface area contributed by atoms with Crippen LogP contribution in [-0.2, 0) is 16.1 Å². The minimum absolute atomic E-state index is 0.0339. The SMILES string of the molecule is CNC(=O)C[C@H]1C(=O)NCCN1C(=O)NCc1ccc(C)s1. The molecule has 0 bridgehead atoms. The zero-order valence-corrected chi connectivity index (χ0v) is 13.5. The van der Waals surface area contributed by atoms with Crippen LogP contribution in [0, 0.1) is 6.92 Å². The van der Waals surface area contributed by atoms with E-state index in [0.717, 1.165) is 4.88 Å². The molecule has 1 aromatic rings. The first-order chi connectivity index (χ1) is 10.5. The van der Waals surface area contributed by atoms with Gasteiger partial charge in [0.25, 0.3) is 0 Å². The van der Waals surface area contributed by atoms with Crippen LogP contribution in [0.25, 0.3) is 0 Å². The van der Waals surface area contributed by atoms with Crippen molar-refractivity contribution in [2.45, 2.75) is 25.9 Å². The maximum atomic E-state index is 12.3. The predicted molar refractivity (Wildman–Crippen MR) is 83.5 cm³/mol. The van der Waals surface area contributed by atoms with Crippen molar-refractivity contribution in [2.75, 3.05) is 20.1 Å². The van der Waals surface area contributed by atoms with Crippen LogP contribution < -0.4 is 16.0 Å². The summed E-state index contributed by atoms with van der Waals surface area (Å²) >= 11 is 1.62. The van der Waals surface area contributed by atoms with E-state index < -0.39 is 6.04 Å². The Labute approximate surface area is 133 Å². The lowest BCUT2D eigenvalue weighted by Gasteiger charge is -2.34. The maximum Gasteiger partial charge on any atom is 0.318 e. The fraction of sp³-hybridized carbons (Fsp3) is 0.500. The average molecular weight is 324 g/mol. The minimum Gasteiger partial charge on any atom is -0.359 e. The standard InChI is InChI=1S/C14H20N4O3S/c1-9-3-4-10(22-9)8-17-14(21)18-6-5-16-13(20)11(18)7-12(19)15-2/h3-4,11H,5-8H2,1-2H3,(H,15,19)(H,16,20)(H,17,21)/t11-/m0/s1. The van der Waals surface area contributed by atoms with E-state index in [2.05, 4.69) is 16.0 Å². The first kappa shape index (κ1) is 16.3. The smallest absolute Gasteiger partial charge is 0.318 e. The molecule has 1 aliphatic rings. The molecule has 0 aromatic carbocycles. The van der Waals surface area contributed by atoms with Gasteiger partial charge >= 0.3 is 6.03 Å². The van der Waals surface area contributed by atoms with Gasteiger partial charge in [-0.05, 0) is 19.1 Å². The molecule has 8 heteroatoms. The van der Waals surface area contributed by atoms with Crippen molar-refractivity contribution in [3.05, 3.63) is 21.9 Å². The van der Waals surface area contributed by atoms with Gasteiger partial charge < -0.3 is 20.9 Å². The third-order valence-electron chi connectivity index (χ3n) is 3.46. The molecule has 1 aromatic heterocycles. The second-order valence-electron chi connectivity index (χ2n) is 5.05. The topological polar surface area (TPSA) is 90.5 Å². The molecule has 1 saturated heterocycles. The van der Waals surface area contributed by atoms with Gasteiger partial charge in [-0.2, -0.15) is 0 Å². The molecule has 2 rings (SSSR count). The Hall–Kier alpha value is -2.09. The second kappa shape index (κ2) is 7.26. The zero-order chi connectivity index (χ0) is 16.1. The molecule has 4 amide bonds. The number of amides is 4. The van der Waals surface area contributed by atoms with Crippen molar-refractivity contribution in [2.24, 2.45) is 0 Å². The summed E-state index contributed by atoms with van der Waals surface area (Å²) in [6.45, 7) is 3.21. The number of nitrogens with zero attached hydrogens (tertiary/aromatic N) is 1. The largest absolute Gasteiger partial charge is 0.359 e. The second-order valence-corrected chi connectivity index (χ2v) is 6.42. The van der Waals surface area contributed by atoms with Crippen molar-refractivity contribution in [3.8, 4) is 0 Å². The third-order valence-corrected chi connectivity index (χ3v) is 4.46. The highest BCUT2D eigenvalue weighted by atomic mass is 32.1. The number of carbonyl (C=O) groups is 3. The summed E-state index contributed by atoms with van der Waals surface area (Å²) in [5.74, 6) is -0.564. The van der Waals surface area contributed by atoms with Gasteiger partial charge in [-0.1, -0.05) is 0 Å². The van der Waals surface area contributed by atoms with Gasteiger partial charge in [0.05, 0.1) is 13.0 Å². The number of aryl methyl sites for hydroxylation is 1. The van der Waals surface area contributed by atoms with E-state index in [-0.39, 0.29) is 24.3 Å². The van der Waals surface area contributed by atoms with Crippen molar-refractivity contribution in [3.63, 3.8) is 0 Å². The molecule has 2 heterocycles. The Bertz CT molecular complexity index is 572. The Morgan fingerprint density at radius 3 is 2.86 bits per heavy atom. The van der Waals surface area contributed by atoms with E-state index in [4.69, 9.17) is 0 Å². The number of carbonyl (C=O) groups excluding carboxylic acids is 3. The van der Waals surface area contributed by atoms with Crippen LogP contribution in [-0.4, -0.2) is 48.9 Å². The van der Waals surface area contributed by atoms with Crippen LogP contribution in [0.5, 0.6) is 0 Å². The normalized spacial score (nSPS) is 17.8. The molecule has 0 radical (unpaired) electrons. The van der Waals surface area contributed by atoms with Gasteiger partial charge in [0.2, 0.25) is 11.8 Å². The summed E-state index contributed by atoms with van der Waals surface area (Å²) in [6.07, 6.45) is -0.0339. The molecule has 1 fully saturated rings. The van der Waals surface area contributed by atoms with Gasteiger partial charge in [0.15, 0.2) is 0 Å². The van der Waals surface area contributed by atoms with E-state index >= 15 is 0 Å². The summed E-state index contributed by atoms with van der Waals surface area (Å²) in [5.41, 5.74) is 0. The molecular formula is C14H20N4O3S. The molecule has 1 atom stereocenters. The number of hydrogen-bond donors (Lipinski definition) is 3. The van der Waals surface area contributed by atoms with Gasteiger partial charge in [0.1, 0.15) is 6.04 Å². The lowest BCUT2D eigenvalue weighted by atomic mass is 10.1. The number of hydrogen-bond acceptors (Lipinski definition) is 4. The zero-order valence-electron chi connectivity index (χ0n) is 12.6. The number of urea groups is 1. The first-order valence-electron chi connectivity index (χ1n) is 7.09. The molecule has 0 spiro atoms. The molecule has 120 valence electrons. The lowest BCUT2D eigenvalue weighted by molar-refractivity contribution is -0.132. The monoisotopic (exact) mass is 324 g/mol. The Morgan fingerprint density at radius 2 is 2.23 bits per heavy atom. The van der Waals surface area contributed by atoms with Crippen LogP contribution in [0.1, 0.15) is 16.2 Å². The van der Waals surface area contributed by atoms with Crippen LogP contribution >= 0.6 is 11.3 Å². The van der Waals surface area contributed by atoms with E-state index in [0.29, 0.717) is 19.6 Å². The first-order valence-corrected chi connectivity index (χ1v) is 7.91. The molecule has 22 heavy (non-hydrogen) atoms. The predicted octanol–water partition coefficient (Wildman–Crippen LogP) is 0.203. The summed E-state index contributed by atoms with van der Waals surface area (Å²) in [7, 11) is 1.51. The molecule has 1 aliphatic heterocycles. The number of rotatable bonds is 4. The van der Waals surface area contributed by atoms with Crippen LogP contribution in [0.2, 0.25) is 0 Å². The van der Waals surface area contributed by atoms with Gasteiger partial charge in [0, 0.05) is 29.9 Å². The fourth-order valence-corrected chi connectivity index (χ4v) is 3.11. The Morgan fingerprint density at radius 1 is 1.45 bits per heavy atom. The van der Waals surface area contributed by atoms with Crippen molar-refractivity contribution < 1.29 is 14.4 Å². The highest BCUT2D eigenvalue weighted by molar-refractivity contribution is 7.11. The summed E-state index contributed by atoms with van der Waals surface area (Å²) < 4.78 is 0. The Balaban J connectivity index is 1.98. The van der Waals surface area contributed by atoms with Crippen LogP contribution in [0.4, 0.5) is 4.79 Å². The van der Waals surface area contributed by atoms with Gasteiger partial charge in [-0.25, -0.2) is 4.79 Å². The number of nitrogens with one attached hydrogen (secondary N) is 3. The lowest BCUT2D eigenvalue weighted by Crippen LogP contribution is -2.60. The number of thiophene rings is 1. The summed E-state index contributed by atoms with van der Waals surface area (Å²) in [5, 5.41) is 7.97. The van der Waals surface area contributed by atoms with Crippen LogP contribution in [0.15, 0.2) is 12.1 Å². The van der Waals surface area contributed by atoms with E-state index in [9.17, 15) is 14.4 Å². The highest BCUT2D eigenvalue weighted by Crippen LogP contribution is 2.15. The quantitative estimate of drug-likeness (QED) is 0.739. The Kier molecular flexibility index (Phi) is 5.37. The molecule has 0 unspecified atom stereocenters. The molecular weight excluding hydrogens is 304 g/mol. The minimum atomic E-state index is -0.765. The summed E-state index contributed by atoms with van der Waals surface area (Å²) in [6, 6.07) is 2.87. The number of piperazine rings is 1. The van der Waals surface area contributed by atoms with E-state index in [1.807, 2.05) is 19.1 Å². The van der Waals surface area contributed by atoms with Gasteiger partial charge in [-0.15, -0.1) is 11.3 Å². The van der Waals surface area contributed by atoms with Crippen molar-refractivity contribution in [1.82, 2.24) is 20.9 Å². The van der Waals surface area contributed by atoms with Crippen molar-refractivity contribution >= 4 is 29.2 Å². The van der Waals surface area contributed by atoms with E-state index in [1.54, 1.807) is 11.3 Å². The molecule has 0 saturated carbocycles. The van der Waals surface area contributed by atoms with E-state index in [1.165, 1.54) is 16.8 Å². The fourth-order valence-electron chi connectivity index (χ4n) is 2.28. The molecule has 0 aliphatic carbocycles. The summed E-state index contributed by atoms with van der Waals surface area (Å²) in [4.78, 5) is 39.4.